The van der Waals surface area contributed by atoms with E-state index in [4.69, 9.17) is 23.4 Å². The zero-order valence-corrected chi connectivity index (χ0v) is 38.0. The average Bonchev–Trinajstić information content (AvgIpc) is 4.21. The van der Waals surface area contributed by atoms with Crippen molar-refractivity contribution in [2.45, 2.75) is 0 Å². The molecule has 68 heavy (non-hydrogen) atoms. The Balaban J connectivity index is 0.00000609. The number of aromatic nitrogens is 3. The summed E-state index contributed by atoms with van der Waals surface area (Å²) >= 11 is 0. The van der Waals surface area contributed by atoms with Crippen LogP contribution in [0.2, 0.25) is 0 Å². The van der Waals surface area contributed by atoms with Gasteiger partial charge in [0.2, 0.25) is 0 Å². The van der Waals surface area contributed by atoms with Crippen molar-refractivity contribution >= 4 is 46.4 Å². The molecule has 0 fully saturated rings. The van der Waals surface area contributed by atoms with E-state index < -0.39 is 60.4 Å². The number of hydrogen-bond acceptors (Lipinski definition) is 4. The molecule has 8 heteroatoms. The van der Waals surface area contributed by atoms with Gasteiger partial charge in [0.15, 0.2) is 0 Å². The quantitative estimate of drug-likeness (QED) is 0.0906. The van der Waals surface area contributed by atoms with Crippen LogP contribution in [-0.2, 0) is 21.1 Å². The molecule has 324 valence electrons. The van der Waals surface area contributed by atoms with Crippen molar-refractivity contribution in [3.63, 3.8) is 0 Å². The SMILES string of the molecule is [2H]c1c([2H])c([2H])c(-c2cccc(-c3c([2H])c([2H])c([2H])c([2H])c3[2H])c2-[n+]2[c-]n(-c3[c-]c(Oc4[c-]c(N5B6c7ccccc7-c7ccccc7-c7ccccc7N6c6cccnc65)ccc4)ccc3)c3ccccc32)c([2H])c1[2H].[Pt]. The first kappa shape index (κ1) is 31.6. The first-order valence-electron chi connectivity index (χ1n) is 26.7. The molecule has 0 N–H and O–H groups in total. The Kier molecular flexibility index (Phi) is 8.00. The molecule has 0 saturated heterocycles. The third-order valence-electron chi connectivity index (χ3n) is 12.2. The summed E-state index contributed by atoms with van der Waals surface area (Å²) in [6.45, 7) is -0.372. The summed E-state index contributed by atoms with van der Waals surface area (Å²) in [7, 11) is 0. The van der Waals surface area contributed by atoms with Gasteiger partial charge in [-0.15, -0.1) is 30.3 Å². The number of pyridine rings is 1. The average molecular weight is 1060 g/mol. The molecule has 0 bridgehead atoms. The standard InChI is InChI=1S/C60H38BN5O.Pt/c1-3-19-42(20-4-1)48-31-17-32-49(43-21-5-2-6-22-43)59(48)64-41-63(56-35-13-14-36-57(56)64)44-23-15-25-46(39-44)67-47-26-16-24-45(40-47)65-60-58(37-18-38-62-60)66-55-34-12-10-30-53(55)51-28-8-7-27-50(51)52-29-9-11-33-54(52)61(65)66;/h1-38H;/q-2;/i1D,2D,3D,4D,5D,6D,19D,20D,21D,22D;. The van der Waals surface area contributed by atoms with Crippen molar-refractivity contribution < 1.29 is 44.1 Å². The maximum Gasteiger partial charge on any atom is 0.420 e. The van der Waals surface area contributed by atoms with Crippen molar-refractivity contribution in [3.8, 4) is 67.4 Å². The maximum absolute atomic E-state index is 9.05. The second kappa shape index (κ2) is 17.2. The van der Waals surface area contributed by atoms with E-state index in [2.05, 4.69) is 107 Å². The molecule has 0 radical (unpaired) electrons. The van der Waals surface area contributed by atoms with Gasteiger partial charge in [0.1, 0.15) is 5.82 Å². The normalized spacial score (nSPS) is 14.3. The van der Waals surface area contributed by atoms with Crippen LogP contribution in [0.15, 0.2) is 230 Å². The molecule has 0 saturated carbocycles. The van der Waals surface area contributed by atoms with Gasteiger partial charge in [-0.2, -0.15) is 18.2 Å². The number of para-hydroxylation sites is 4. The van der Waals surface area contributed by atoms with Crippen LogP contribution in [0.5, 0.6) is 11.5 Å². The van der Waals surface area contributed by atoms with Gasteiger partial charge in [-0.1, -0.05) is 175 Å². The van der Waals surface area contributed by atoms with Gasteiger partial charge >= 0.3 is 6.98 Å². The number of anilines is 4. The fourth-order valence-electron chi connectivity index (χ4n) is 9.48. The Labute approximate surface area is 424 Å². The second-order valence-corrected chi connectivity index (χ2v) is 16.0. The fourth-order valence-corrected chi connectivity index (χ4v) is 9.48. The first-order valence-corrected chi connectivity index (χ1v) is 21.7. The maximum atomic E-state index is 9.05. The van der Waals surface area contributed by atoms with E-state index in [0.29, 0.717) is 33.9 Å². The Morgan fingerprint density at radius 2 is 1.06 bits per heavy atom. The van der Waals surface area contributed by atoms with Crippen molar-refractivity contribution in [1.82, 2.24) is 9.55 Å². The van der Waals surface area contributed by atoms with Gasteiger partial charge in [-0.05, 0) is 68.3 Å². The van der Waals surface area contributed by atoms with E-state index in [1.807, 2.05) is 54.6 Å². The molecule has 0 atom stereocenters. The Bertz CT molecular complexity index is 4150. The molecule has 4 heterocycles. The summed E-state index contributed by atoms with van der Waals surface area (Å²) in [5, 5.41) is 0. The largest absolute Gasteiger partial charge is 0.510 e. The van der Waals surface area contributed by atoms with Gasteiger partial charge in [-0.3, -0.25) is 4.57 Å². The third kappa shape index (κ3) is 6.85. The summed E-state index contributed by atoms with van der Waals surface area (Å²) in [6.07, 6.45) is 5.22. The second-order valence-electron chi connectivity index (χ2n) is 16.0. The van der Waals surface area contributed by atoms with Crippen molar-refractivity contribution in [2.75, 3.05) is 9.62 Å². The van der Waals surface area contributed by atoms with E-state index >= 15 is 0 Å². The van der Waals surface area contributed by atoms with E-state index in [1.54, 1.807) is 45.7 Å². The van der Waals surface area contributed by atoms with Crippen LogP contribution < -0.4 is 24.4 Å². The van der Waals surface area contributed by atoms with E-state index in [9.17, 15) is 0 Å². The summed E-state index contributed by atoms with van der Waals surface area (Å²) < 4.78 is 97.3. The molecule has 13 rings (SSSR count). The van der Waals surface area contributed by atoms with Crippen molar-refractivity contribution in [1.29, 1.82) is 0 Å². The molecule has 2 aromatic heterocycles. The zero-order chi connectivity index (χ0) is 53.0. The van der Waals surface area contributed by atoms with Gasteiger partial charge in [0, 0.05) is 50.0 Å². The number of fused-ring (bicyclic) bond motifs is 11. The van der Waals surface area contributed by atoms with Crippen LogP contribution in [0.3, 0.4) is 0 Å². The summed E-state index contributed by atoms with van der Waals surface area (Å²) in [4.78, 5) is 9.57. The number of nitrogens with zero attached hydrogens (tertiary/aromatic N) is 5. The number of rotatable bonds is 7. The molecule has 2 aliphatic rings. The van der Waals surface area contributed by atoms with E-state index in [0.717, 1.165) is 44.9 Å². The number of benzene rings is 9. The smallest absolute Gasteiger partial charge is 0.420 e. The molecule has 0 unspecified atom stereocenters. The molecular weight excluding hydrogens is 1010 g/mol. The van der Waals surface area contributed by atoms with Crippen LogP contribution in [0.25, 0.3) is 66.9 Å². The number of imidazole rings is 1. The molecule has 0 aliphatic carbocycles. The van der Waals surface area contributed by atoms with E-state index in [-0.39, 0.29) is 56.0 Å². The van der Waals surface area contributed by atoms with E-state index in [1.165, 1.54) is 0 Å². The van der Waals surface area contributed by atoms with Gasteiger partial charge < -0.3 is 18.9 Å². The monoisotopic (exact) mass is 1060 g/mol. The minimum absolute atomic E-state index is 0. The Hall–Kier alpha value is -8.25. The van der Waals surface area contributed by atoms with Gasteiger partial charge in [-0.25, -0.2) is 4.98 Å². The zero-order valence-electron chi connectivity index (χ0n) is 45.7. The molecule has 6 nitrogen and oxygen atoms in total. The van der Waals surface area contributed by atoms with Crippen molar-refractivity contribution in [2.24, 2.45) is 0 Å². The molecule has 11 aromatic rings. The fraction of sp³-hybridized carbons (Fsp3) is 0. The van der Waals surface area contributed by atoms with Crippen LogP contribution in [-0.4, -0.2) is 16.5 Å². The summed E-state index contributed by atoms with van der Waals surface area (Å²) in [6, 6.07) is 54.4. The van der Waals surface area contributed by atoms with Crippen molar-refractivity contribution in [3.05, 3.63) is 249 Å². The number of ether oxygens (including phenoxy) is 1. The minimum Gasteiger partial charge on any atom is -0.510 e. The van der Waals surface area contributed by atoms with Crippen LogP contribution in [0.1, 0.15) is 13.7 Å². The van der Waals surface area contributed by atoms with Crippen LogP contribution in [0, 0.1) is 18.5 Å². The molecule has 0 amide bonds. The Morgan fingerprint density at radius 3 is 1.79 bits per heavy atom. The third-order valence-corrected chi connectivity index (χ3v) is 12.2. The van der Waals surface area contributed by atoms with Gasteiger partial charge in [0.25, 0.3) is 6.33 Å². The minimum atomic E-state index is -0.576. The molecule has 0 spiro atoms. The van der Waals surface area contributed by atoms with Crippen LogP contribution in [0.4, 0.5) is 22.9 Å². The van der Waals surface area contributed by atoms with Crippen LogP contribution >= 0.6 is 0 Å². The molecular formula is C60H38BN5OPt-2. The predicted molar refractivity (Wildman–Crippen MR) is 270 cm³/mol. The summed E-state index contributed by atoms with van der Waals surface area (Å²) in [5.74, 6) is 1.50. The van der Waals surface area contributed by atoms with Gasteiger partial charge in [0.05, 0.1) is 36.1 Å². The summed E-state index contributed by atoms with van der Waals surface area (Å²) in [5.41, 5.74) is 9.99. The topological polar surface area (TPSA) is 37.4 Å². The molecule has 2 aliphatic heterocycles. The first-order chi connectivity index (χ1) is 37.4. The molecule has 9 aromatic carbocycles. The Morgan fingerprint density at radius 1 is 0.500 bits per heavy atom. The predicted octanol–water partition coefficient (Wildman–Crippen LogP) is 13.2. The number of hydrogen-bond donors (Lipinski definition) is 0.